The fourth-order valence-corrected chi connectivity index (χ4v) is 4.51. The van der Waals surface area contributed by atoms with Gasteiger partial charge >= 0.3 is 0 Å². The van der Waals surface area contributed by atoms with Gasteiger partial charge in [0.15, 0.2) is 0 Å². The van der Waals surface area contributed by atoms with Gasteiger partial charge in [0.25, 0.3) is 0 Å². The molecule has 4 rings (SSSR count). The number of aromatic nitrogens is 4. The Hall–Kier alpha value is -2.63. The molecule has 1 amide bonds. The Morgan fingerprint density at radius 3 is 2.71 bits per heavy atom. The average Bonchev–Trinajstić information content (AvgIpc) is 3.16. The number of hydrogen-bond donors (Lipinski definition) is 0. The highest BCUT2D eigenvalue weighted by molar-refractivity contribution is 5.77. The van der Waals surface area contributed by atoms with Crippen molar-refractivity contribution in [1.29, 1.82) is 0 Å². The molecular weight excluding hydrogens is 350 g/mol. The zero-order valence-electron chi connectivity index (χ0n) is 17.3. The highest BCUT2D eigenvalue weighted by Gasteiger charge is 2.28. The monoisotopic (exact) mass is 379 g/mol. The van der Waals surface area contributed by atoms with Gasteiger partial charge in [-0.25, -0.2) is 4.98 Å². The third-order valence-corrected chi connectivity index (χ3v) is 6.21. The molecule has 1 aromatic carbocycles. The molecule has 1 fully saturated rings. The predicted molar refractivity (Wildman–Crippen MR) is 110 cm³/mol. The molecule has 0 bridgehead atoms. The van der Waals surface area contributed by atoms with Crippen molar-refractivity contribution in [3.8, 4) is 0 Å². The minimum absolute atomic E-state index is 0.242. The van der Waals surface area contributed by atoms with Crippen LogP contribution in [0.25, 0.3) is 11.0 Å². The average molecular weight is 380 g/mol. The molecule has 6 nitrogen and oxygen atoms in total. The highest BCUT2D eigenvalue weighted by Crippen LogP contribution is 2.29. The summed E-state index contributed by atoms with van der Waals surface area (Å²) < 4.78 is 4.09. The van der Waals surface area contributed by atoms with Crippen LogP contribution in [0.3, 0.4) is 0 Å². The fourth-order valence-electron chi connectivity index (χ4n) is 4.51. The summed E-state index contributed by atoms with van der Waals surface area (Å²) >= 11 is 0. The molecule has 2 aromatic heterocycles. The quantitative estimate of drug-likeness (QED) is 0.699. The number of carbonyl (C=O) groups excluding carboxylic acids is 1. The van der Waals surface area contributed by atoms with Gasteiger partial charge in [0, 0.05) is 45.2 Å². The number of rotatable bonds is 4. The van der Waals surface area contributed by atoms with Crippen LogP contribution in [-0.2, 0) is 25.3 Å². The van der Waals surface area contributed by atoms with E-state index in [0.717, 1.165) is 60.6 Å². The third kappa shape index (κ3) is 3.32. The number of imidazole rings is 1. The second-order valence-corrected chi connectivity index (χ2v) is 7.97. The molecule has 6 heteroatoms. The number of hydrogen-bond acceptors (Lipinski definition) is 3. The highest BCUT2D eigenvalue weighted by atomic mass is 16.2. The number of piperidine rings is 1. The van der Waals surface area contributed by atoms with Crippen molar-refractivity contribution in [3.05, 3.63) is 47.0 Å². The Morgan fingerprint density at radius 2 is 2.00 bits per heavy atom. The summed E-state index contributed by atoms with van der Waals surface area (Å²) in [5, 5.41) is 4.46. The van der Waals surface area contributed by atoms with Crippen LogP contribution in [0.4, 0.5) is 0 Å². The maximum Gasteiger partial charge on any atom is 0.222 e. The van der Waals surface area contributed by atoms with Crippen LogP contribution in [0.15, 0.2) is 24.3 Å². The Kier molecular flexibility index (Phi) is 4.96. The predicted octanol–water partition coefficient (Wildman–Crippen LogP) is 3.26. The number of aryl methyl sites for hydroxylation is 3. The Balaban J connectivity index is 1.45. The standard InChI is InChI=1S/C22H29N5O/c1-15-18(16(2)26(4)24-15)11-12-21(28)27-13-7-8-17(14-27)22-23-19-9-5-6-10-20(19)25(22)3/h5-6,9-10,17H,7-8,11-14H2,1-4H3. The number of benzene rings is 1. The number of para-hydroxylation sites is 2. The summed E-state index contributed by atoms with van der Waals surface area (Å²) in [7, 11) is 4.04. The topological polar surface area (TPSA) is 56.0 Å². The normalized spacial score (nSPS) is 17.4. The van der Waals surface area contributed by atoms with Crippen LogP contribution in [0.1, 0.15) is 48.0 Å². The smallest absolute Gasteiger partial charge is 0.222 e. The van der Waals surface area contributed by atoms with Crippen molar-refractivity contribution in [2.24, 2.45) is 14.1 Å². The van der Waals surface area contributed by atoms with E-state index in [9.17, 15) is 4.79 Å². The van der Waals surface area contributed by atoms with E-state index in [-0.39, 0.29) is 5.91 Å². The van der Waals surface area contributed by atoms with Crippen LogP contribution in [0.5, 0.6) is 0 Å². The van der Waals surface area contributed by atoms with Gasteiger partial charge in [-0.1, -0.05) is 12.1 Å². The molecule has 0 N–H and O–H groups in total. The lowest BCUT2D eigenvalue weighted by atomic mass is 9.96. The van der Waals surface area contributed by atoms with E-state index in [1.807, 2.05) is 35.7 Å². The van der Waals surface area contributed by atoms with Crippen molar-refractivity contribution < 1.29 is 4.79 Å². The Bertz CT molecular complexity index is 1020. The fraction of sp³-hybridized carbons (Fsp3) is 0.500. The van der Waals surface area contributed by atoms with Crippen molar-refractivity contribution in [2.45, 2.75) is 45.4 Å². The lowest BCUT2D eigenvalue weighted by molar-refractivity contribution is -0.132. The van der Waals surface area contributed by atoms with Gasteiger partial charge in [-0.05, 0) is 50.8 Å². The summed E-state index contributed by atoms with van der Waals surface area (Å²) in [5.41, 5.74) is 5.58. The minimum Gasteiger partial charge on any atom is -0.342 e. The SMILES string of the molecule is Cc1nn(C)c(C)c1CCC(=O)N1CCCC(c2nc3ccccc3n2C)C1. The maximum atomic E-state index is 12.9. The first kappa shape index (κ1) is 18.7. The third-order valence-electron chi connectivity index (χ3n) is 6.21. The summed E-state index contributed by atoms with van der Waals surface area (Å²) in [6, 6.07) is 8.24. The maximum absolute atomic E-state index is 12.9. The lowest BCUT2D eigenvalue weighted by Crippen LogP contribution is -2.39. The zero-order chi connectivity index (χ0) is 19.8. The molecule has 1 aliphatic heterocycles. The first-order valence-electron chi connectivity index (χ1n) is 10.1. The number of carbonyl (C=O) groups is 1. The van der Waals surface area contributed by atoms with Gasteiger partial charge in [0.1, 0.15) is 5.82 Å². The summed E-state index contributed by atoms with van der Waals surface area (Å²) in [4.78, 5) is 19.8. The largest absolute Gasteiger partial charge is 0.342 e. The van der Waals surface area contributed by atoms with Crippen molar-refractivity contribution >= 4 is 16.9 Å². The molecule has 1 aliphatic rings. The molecule has 0 aliphatic carbocycles. The number of fused-ring (bicyclic) bond motifs is 1. The molecule has 148 valence electrons. The van der Waals surface area contributed by atoms with Crippen molar-refractivity contribution in [1.82, 2.24) is 24.2 Å². The van der Waals surface area contributed by atoms with Gasteiger partial charge < -0.3 is 9.47 Å². The summed E-state index contributed by atoms with van der Waals surface area (Å²) in [6.45, 7) is 5.71. The van der Waals surface area contributed by atoms with E-state index in [2.05, 4.69) is 35.8 Å². The van der Waals surface area contributed by atoms with E-state index in [0.29, 0.717) is 12.3 Å². The molecule has 0 saturated carbocycles. The van der Waals surface area contributed by atoms with E-state index in [1.54, 1.807) is 0 Å². The summed E-state index contributed by atoms with van der Waals surface area (Å²) in [6.07, 6.45) is 3.42. The summed E-state index contributed by atoms with van der Waals surface area (Å²) in [5.74, 6) is 1.64. The van der Waals surface area contributed by atoms with Gasteiger partial charge in [-0.3, -0.25) is 9.48 Å². The first-order valence-corrected chi connectivity index (χ1v) is 10.1. The molecular formula is C22H29N5O. The van der Waals surface area contributed by atoms with E-state index >= 15 is 0 Å². The molecule has 0 radical (unpaired) electrons. The van der Waals surface area contributed by atoms with Gasteiger partial charge in [-0.2, -0.15) is 5.10 Å². The number of amides is 1. The lowest BCUT2D eigenvalue weighted by Gasteiger charge is -2.32. The molecule has 1 unspecified atom stereocenters. The van der Waals surface area contributed by atoms with Gasteiger partial charge in [0.2, 0.25) is 5.91 Å². The van der Waals surface area contributed by atoms with E-state index in [4.69, 9.17) is 4.98 Å². The zero-order valence-corrected chi connectivity index (χ0v) is 17.3. The number of likely N-dealkylation sites (tertiary alicyclic amines) is 1. The molecule has 3 heterocycles. The number of nitrogens with zero attached hydrogens (tertiary/aromatic N) is 5. The van der Waals surface area contributed by atoms with E-state index < -0.39 is 0 Å². The molecule has 3 aromatic rings. The minimum atomic E-state index is 0.242. The van der Waals surface area contributed by atoms with Crippen LogP contribution >= 0.6 is 0 Å². The molecule has 0 spiro atoms. The Labute approximate surface area is 166 Å². The van der Waals surface area contributed by atoms with Crippen LogP contribution < -0.4 is 0 Å². The first-order chi connectivity index (χ1) is 13.5. The molecule has 1 atom stereocenters. The molecule has 1 saturated heterocycles. The van der Waals surface area contributed by atoms with Crippen molar-refractivity contribution in [2.75, 3.05) is 13.1 Å². The van der Waals surface area contributed by atoms with Crippen LogP contribution in [0.2, 0.25) is 0 Å². The van der Waals surface area contributed by atoms with Crippen LogP contribution in [-0.4, -0.2) is 43.2 Å². The van der Waals surface area contributed by atoms with Gasteiger partial charge in [-0.15, -0.1) is 0 Å². The van der Waals surface area contributed by atoms with Crippen LogP contribution in [0, 0.1) is 13.8 Å². The van der Waals surface area contributed by atoms with Crippen molar-refractivity contribution in [3.63, 3.8) is 0 Å². The van der Waals surface area contributed by atoms with Gasteiger partial charge in [0.05, 0.1) is 16.7 Å². The van der Waals surface area contributed by atoms with E-state index in [1.165, 1.54) is 5.56 Å². The second kappa shape index (κ2) is 7.41. The molecule has 28 heavy (non-hydrogen) atoms. The Morgan fingerprint density at radius 1 is 1.21 bits per heavy atom. The second-order valence-electron chi connectivity index (χ2n) is 7.97.